The van der Waals surface area contributed by atoms with E-state index in [1.54, 1.807) is 45.0 Å². The van der Waals surface area contributed by atoms with Gasteiger partial charge in [-0.05, 0) is 23.8 Å². The molecule has 150 valence electrons. The lowest BCUT2D eigenvalue weighted by Crippen LogP contribution is -2.26. The van der Waals surface area contributed by atoms with Crippen molar-refractivity contribution in [2.24, 2.45) is 5.41 Å². The highest BCUT2D eigenvalue weighted by atomic mass is 32.2. The van der Waals surface area contributed by atoms with Gasteiger partial charge in [0, 0.05) is 12.0 Å². The largest absolute Gasteiger partial charge is 0.507 e. The summed E-state index contributed by atoms with van der Waals surface area (Å²) in [6, 6.07) is 12.2. The van der Waals surface area contributed by atoms with E-state index in [-0.39, 0.29) is 22.8 Å². The topological polar surface area (TPSA) is 110 Å². The van der Waals surface area contributed by atoms with E-state index in [0.717, 1.165) is 17.7 Å². The fourth-order valence-corrected chi connectivity index (χ4v) is 3.17. The summed E-state index contributed by atoms with van der Waals surface area (Å²) in [6.45, 7) is 4.67. The molecule has 8 heteroatoms. The molecule has 2 N–H and O–H groups in total. The van der Waals surface area contributed by atoms with Crippen LogP contribution in [0.1, 0.15) is 36.7 Å². The van der Waals surface area contributed by atoms with Gasteiger partial charge in [-0.1, -0.05) is 51.1 Å². The van der Waals surface area contributed by atoms with Gasteiger partial charge in [0.25, 0.3) is 0 Å². The molecular formula is C20H23NO6S. The Bertz CT molecular complexity index is 962. The van der Waals surface area contributed by atoms with Crippen molar-refractivity contribution in [1.29, 1.82) is 0 Å². The Kier molecular flexibility index (Phi) is 6.58. The number of hydrogen-bond acceptors (Lipinski definition) is 6. The number of aromatic hydroxyl groups is 1. The SMILES string of the molecule is CC(C)(C)C(=O)COC(=O)c1cc(S(=O)(=O)NCc2ccccc2)ccc1O. The fourth-order valence-electron chi connectivity index (χ4n) is 2.13. The van der Waals surface area contributed by atoms with Gasteiger partial charge in [0.2, 0.25) is 10.0 Å². The second-order valence-corrected chi connectivity index (χ2v) is 9.01. The van der Waals surface area contributed by atoms with Crippen LogP contribution in [0.2, 0.25) is 0 Å². The summed E-state index contributed by atoms with van der Waals surface area (Å²) in [5.74, 6) is -1.71. The normalized spacial score (nSPS) is 11.8. The van der Waals surface area contributed by atoms with Crippen LogP contribution in [0.3, 0.4) is 0 Å². The molecular weight excluding hydrogens is 382 g/mol. The summed E-state index contributed by atoms with van der Waals surface area (Å²) in [4.78, 5) is 23.9. The second-order valence-electron chi connectivity index (χ2n) is 7.24. The van der Waals surface area contributed by atoms with E-state index < -0.39 is 33.8 Å². The predicted octanol–water partition coefficient (Wildman–Crippen LogP) is 2.64. The third-order valence-corrected chi connectivity index (χ3v) is 5.38. The van der Waals surface area contributed by atoms with E-state index in [0.29, 0.717) is 0 Å². The van der Waals surface area contributed by atoms with Crippen LogP contribution in [0.15, 0.2) is 53.4 Å². The highest BCUT2D eigenvalue weighted by Crippen LogP contribution is 2.23. The number of nitrogens with one attached hydrogen (secondary N) is 1. The van der Waals surface area contributed by atoms with Gasteiger partial charge < -0.3 is 9.84 Å². The first-order chi connectivity index (χ1) is 13.0. The van der Waals surface area contributed by atoms with Crippen LogP contribution in [0, 0.1) is 5.41 Å². The standard InChI is InChI=1S/C20H23NO6S/c1-20(2,3)18(23)13-27-19(24)16-11-15(9-10-17(16)22)28(25,26)21-12-14-7-5-4-6-8-14/h4-11,21-22H,12-13H2,1-3H3. The second kappa shape index (κ2) is 8.53. The van der Waals surface area contributed by atoms with E-state index in [9.17, 15) is 23.1 Å². The van der Waals surface area contributed by atoms with Gasteiger partial charge in [0.05, 0.1) is 4.90 Å². The minimum Gasteiger partial charge on any atom is -0.507 e. The lowest BCUT2D eigenvalue weighted by molar-refractivity contribution is -0.129. The minimum absolute atomic E-state index is 0.0733. The van der Waals surface area contributed by atoms with Crippen molar-refractivity contribution in [2.75, 3.05) is 6.61 Å². The first-order valence-electron chi connectivity index (χ1n) is 8.58. The molecule has 0 radical (unpaired) electrons. The number of benzene rings is 2. The summed E-state index contributed by atoms with van der Waals surface area (Å²) < 4.78 is 32.3. The Balaban J connectivity index is 2.15. The Morgan fingerprint density at radius 2 is 1.71 bits per heavy atom. The number of carbonyl (C=O) groups excluding carboxylic acids is 2. The van der Waals surface area contributed by atoms with Crippen LogP contribution in [0.4, 0.5) is 0 Å². The zero-order chi connectivity index (χ0) is 20.9. The molecule has 0 aliphatic heterocycles. The molecule has 0 amide bonds. The Morgan fingerprint density at radius 3 is 2.32 bits per heavy atom. The average molecular weight is 405 g/mol. The lowest BCUT2D eigenvalue weighted by Gasteiger charge is -2.16. The molecule has 28 heavy (non-hydrogen) atoms. The molecule has 0 heterocycles. The highest BCUT2D eigenvalue weighted by Gasteiger charge is 2.24. The van der Waals surface area contributed by atoms with Crippen LogP contribution in [-0.2, 0) is 26.1 Å². The maximum Gasteiger partial charge on any atom is 0.342 e. The van der Waals surface area contributed by atoms with Gasteiger partial charge in [-0.15, -0.1) is 0 Å². The van der Waals surface area contributed by atoms with Gasteiger partial charge in [-0.2, -0.15) is 0 Å². The highest BCUT2D eigenvalue weighted by molar-refractivity contribution is 7.89. The maximum absolute atomic E-state index is 12.5. The zero-order valence-electron chi connectivity index (χ0n) is 15.9. The van der Waals surface area contributed by atoms with Crippen LogP contribution < -0.4 is 4.72 Å². The number of carbonyl (C=O) groups is 2. The summed E-state index contributed by atoms with van der Waals surface area (Å²) in [5, 5.41) is 9.90. The van der Waals surface area contributed by atoms with Gasteiger partial charge in [-0.25, -0.2) is 17.9 Å². The van der Waals surface area contributed by atoms with Crippen molar-refractivity contribution in [1.82, 2.24) is 4.72 Å². The molecule has 0 saturated heterocycles. The average Bonchev–Trinajstić information content (AvgIpc) is 2.64. The zero-order valence-corrected chi connectivity index (χ0v) is 16.7. The molecule has 0 aromatic heterocycles. The van der Waals surface area contributed by atoms with Gasteiger partial charge in [-0.3, -0.25) is 4.79 Å². The third-order valence-electron chi connectivity index (χ3n) is 3.98. The van der Waals surface area contributed by atoms with Gasteiger partial charge in [0.1, 0.15) is 11.3 Å². The van der Waals surface area contributed by atoms with E-state index in [1.807, 2.05) is 6.07 Å². The van der Waals surface area contributed by atoms with Crippen molar-refractivity contribution in [2.45, 2.75) is 32.2 Å². The van der Waals surface area contributed by atoms with Crippen molar-refractivity contribution in [3.05, 3.63) is 59.7 Å². The molecule has 2 aromatic carbocycles. The van der Waals surface area contributed by atoms with Crippen molar-refractivity contribution in [3.63, 3.8) is 0 Å². The Labute approximate surface area is 164 Å². The number of phenols is 1. The van der Waals surface area contributed by atoms with Crippen molar-refractivity contribution in [3.8, 4) is 5.75 Å². The number of ketones is 1. The molecule has 0 aliphatic carbocycles. The molecule has 0 unspecified atom stereocenters. The number of hydrogen-bond donors (Lipinski definition) is 2. The third kappa shape index (κ3) is 5.64. The number of sulfonamides is 1. The molecule has 0 fully saturated rings. The molecule has 0 saturated carbocycles. The summed E-state index contributed by atoms with van der Waals surface area (Å²) >= 11 is 0. The monoisotopic (exact) mass is 405 g/mol. The molecule has 7 nitrogen and oxygen atoms in total. The number of Topliss-reactive ketones (excluding diaryl/α,β-unsaturated/α-hetero) is 1. The molecule has 0 spiro atoms. The van der Waals surface area contributed by atoms with Crippen molar-refractivity contribution < 1.29 is 27.9 Å². The summed E-state index contributed by atoms with van der Waals surface area (Å²) in [7, 11) is -3.92. The summed E-state index contributed by atoms with van der Waals surface area (Å²) in [5.41, 5.74) is -0.246. The van der Waals surface area contributed by atoms with E-state index in [1.165, 1.54) is 6.07 Å². The Hall–Kier alpha value is -2.71. The summed E-state index contributed by atoms with van der Waals surface area (Å²) in [6.07, 6.45) is 0. The van der Waals surface area contributed by atoms with E-state index in [4.69, 9.17) is 4.74 Å². The fraction of sp³-hybridized carbons (Fsp3) is 0.300. The van der Waals surface area contributed by atoms with Crippen LogP contribution in [0.5, 0.6) is 5.75 Å². The van der Waals surface area contributed by atoms with Gasteiger partial charge >= 0.3 is 5.97 Å². The lowest BCUT2D eigenvalue weighted by atomic mass is 9.91. The quantitative estimate of drug-likeness (QED) is 0.686. The van der Waals surface area contributed by atoms with Gasteiger partial charge in [0.15, 0.2) is 12.4 Å². The van der Waals surface area contributed by atoms with Crippen LogP contribution in [-0.4, -0.2) is 31.9 Å². The van der Waals surface area contributed by atoms with E-state index >= 15 is 0 Å². The molecule has 2 aromatic rings. The first-order valence-corrected chi connectivity index (χ1v) is 10.1. The predicted molar refractivity (Wildman–Crippen MR) is 103 cm³/mol. The van der Waals surface area contributed by atoms with E-state index in [2.05, 4.69) is 4.72 Å². The number of phenolic OH excluding ortho intramolecular Hbond substituents is 1. The number of ether oxygens (including phenoxy) is 1. The maximum atomic E-state index is 12.5. The van der Waals surface area contributed by atoms with Crippen LogP contribution in [0.25, 0.3) is 0 Å². The molecule has 2 rings (SSSR count). The molecule has 0 bridgehead atoms. The minimum atomic E-state index is -3.92. The smallest absolute Gasteiger partial charge is 0.342 e. The van der Waals surface area contributed by atoms with Crippen molar-refractivity contribution >= 4 is 21.8 Å². The number of esters is 1. The molecule has 0 atom stereocenters. The number of rotatable bonds is 7. The Morgan fingerprint density at radius 1 is 1.07 bits per heavy atom. The van der Waals surface area contributed by atoms with Crippen LogP contribution >= 0.6 is 0 Å². The molecule has 0 aliphatic rings. The first kappa shape index (κ1) is 21.6.